The molecule has 1 aliphatic rings. The number of anilines is 1. The van der Waals surface area contributed by atoms with Crippen LogP contribution in [0.5, 0.6) is 0 Å². The molecule has 0 bridgehead atoms. The second kappa shape index (κ2) is 9.59. The standard InChI is InChI=1S/C26H26Cl2N4S/c1-17-18(2)33-26-24(17)25(29-23(30-26)14-19-6-4-3-5-7-19)32-12-10-31(11-13-32)16-20-8-9-21(27)15-22(20)28/h3-9,15H,10-14,16H2,1-2H3. The summed E-state index contributed by atoms with van der Waals surface area (Å²) in [4.78, 5) is 17.3. The van der Waals surface area contributed by atoms with Crippen molar-refractivity contribution in [3.05, 3.63) is 86.0 Å². The van der Waals surface area contributed by atoms with E-state index in [1.165, 1.54) is 21.4 Å². The Hall–Kier alpha value is -2.18. The number of piperazine rings is 1. The number of fused-ring (bicyclic) bond motifs is 1. The highest BCUT2D eigenvalue weighted by Gasteiger charge is 2.24. The van der Waals surface area contributed by atoms with Gasteiger partial charge in [-0.25, -0.2) is 9.97 Å². The van der Waals surface area contributed by atoms with E-state index in [1.807, 2.05) is 24.3 Å². The van der Waals surface area contributed by atoms with Crippen LogP contribution in [0.1, 0.15) is 27.4 Å². The summed E-state index contributed by atoms with van der Waals surface area (Å²) in [6.07, 6.45) is 0.745. The van der Waals surface area contributed by atoms with Gasteiger partial charge in [0.05, 0.1) is 5.39 Å². The summed E-state index contributed by atoms with van der Waals surface area (Å²) in [6, 6.07) is 16.2. The number of aromatic nitrogens is 2. The van der Waals surface area contributed by atoms with Crippen molar-refractivity contribution < 1.29 is 0 Å². The normalized spacial score (nSPS) is 14.8. The van der Waals surface area contributed by atoms with E-state index in [2.05, 4.69) is 47.9 Å². The molecule has 1 saturated heterocycles. The first-order chi connectivity index (χ1) is 16.0. The fraction of sp³-hybridized carbons (Fsp3) is 0.308. The fourth-order valence-corrected chi connectivity index (χ4v) is 5.88. The predicted octanol–water partition coefficient (Wildman–Crippen LogP) is 6.53. The van der Waals surface area contributed by atoms with E-state index in [4.69, 9.17) is 33.2 Å². The molecule has 1 fully saturated rings. The van der Waals surface area contributed by atoms with Crippen molar-refractivity contribution >= 4 is 50.6 Å². The predicted molar refractivity (Wildman–Crippen MR) is 140 cm³/mol. The molecule has 0 radical (unpaired) electrons. The summed E-state index contributed by atoms with van der Waals surface area (Å²) in [6.45, 7) is 8.97. The van der Waals surface area contributed by atoms with Gasteiger partial charge < -0.3 is 4.90 Å². The van der Waals surface area contributed by atoms with Crippen molar-refractivity contribution in [3.8, 4) is 0 Å². The van der Waals surface area contributed by atoms with Crippen molar-refractivity contribution in [3.63, 3.8) is 0 Å². The third kappa shape index (κ3) is 4.87. The summed E-state index contributed by atoms with van der Waals surface area (Å²) < 4.78 is 0. The molecule has 0 saturated carbocycles. The monoisotopic (exact) mass is 496 g/mol. The average Bonchev–Trinajstić information content (AvgIpc) is 3.10. The molecule has 0 amide bonds. The third-order valence-corrected chi connectivity index (χ3v) is 8.03. The molecule has 5 rings (SSSR count). The summed E-state index contributed by atoms with van der Waals surface area (Å²) in [5.41, 5.74) is 3.65. The fourth-order valence-electron chi connectivity index (χ4n) is 4.37. The minimum Gasteiger partial charge on any atom is -0.353 e. The molecule has 1 aliphatic heterocycles. The quantitative estimate of drug-likeness (QED) is 0.314. The molecule has 2 aromatic heterocycles. The summed E-state index contributed by atoms with van der Waals surface area (Å²) in [5.74, 6) is 1.97. The first-order valence-corrected chi connectivity index (χ1v) is 12.8. The van der Waals surface area contributed by atoms with E-state index in [-0.39, 0.29) is 0 Å². The van der Waals surface area contributed by atoms with Gasteiger partial charge in [-0.2, -0.15) is 0 Å². The van der Waals surface area contributed by atoms with Crippen LogP contribution in [0.15, 0.2) is 48.5 Å². The van der Waals surface area contributed by atoms with Gasteiger partial charge in [0.1, 0.15) is 16.5 Å². The van der Waals surface area contributed by atoms with Crippen LogP contribution < -0.4 is 4.90 Å². The molecule has 4 aromatic rings. The molecule has 4 nitrogen and oxygen atoms in total. The maximum absolute atomic E-state index is 6.40. The van der Waals surface area contributed by atoms with Gasteiger partial charge in [0.2, 0.25) is 0 Å². The maximum Gasteiger partial charge on any atom is 0.141 e. The lowest BCUT2D eigenvalue weighted by Crippen LogP contribution is -2.46. The van der Waals surface area contributed by atoms with E-state index in [0.29, 0.717) is 5.02 Å². The number of thiophene rings is 1. The number of benzene rings is 2. The molecular weight excluding hydrogens is 471 g/mol. The summed E-state index contributed by atoms with van der Waals surface area (Å²) in [7, 11) is 0. The molecule has 3 heterocycles. The average molecular weight is 497 g/mol. The zero-order valence-corrected chi connectivity index (χ0v) is 21.1. The largest absolute Gasteiger partial charge is 0.353 e. The lowest BCUT2D eigenvalue weighted by atomic mass is 10.1. The Bertz CT molecular complexity index is 1280. The van der Waals surface area contributed by atoms with Gasteiger partial charge in [0.15, 0.2) is 0 Å². The smallest absolute Gasteiger partial charge is 0.141 e. The Balaban J connectivity index is 1.38. The molecule has 0 aliphatic carbocycles. The molecular formula is C26H26Cl2N4S. The molecule has 0 N–H and O–H groups in total. The molecule has 0 spiro atoms. The van der Waals surface area contributed by atoms with E-state index in [0.717, 1.165) is 66.2 Å². The van der Waals surface area contributed by atoms with E-state index in [9.17, 15) is 0 Å². The molecule has 33 heavy (non-hydrogen) atoms. The van der Waals surface area contributed by atoms with Crippen LogP contribution in [0.2, 0.25) is 10.0 Å². The Kier molecular flexibility index (Phi) is 6.57. The topological polar surface area (TPSA) is 32.3 Å². The highest BCUT2D eigenvalue weighted by Crippen LogP contribution is 2.36. The van der Waals surface area contributed by atoms with Crippen LogP contribution in [0.25, 0.3) is 10.2 Å². The van der Waals surface area contributed by atoms with Gasteiger partial charge >= 0.3 is 0 Å². The van der Waals surface area contributed by atoms with Gasteiger partial charge in [-0.05, 0) is 42.7 Å². The Morgan fingerprint density at radius 2 is 1.70 bits per heavy atom. The Morgan fingerprint density at radius 3 is 2.42 bits per heavy atom. The van der Waals surface area contributed by atoms with Crippen LogP contribution in [0.3, 0.4) is 0 Å². The van der Waals surface area contributed by atoms with E-state index < -0.39 is 0 Å². The minimum absolute atomic E-state index is 0.675. The zero-order chi connectivity index (χ0) is 22.9. The number of hydrogen-bond donors (Lipinski definition) is 0. The van der Waals surface area contributed by atoms with Crippen LogP contribution in [-0.4, -0.2) is 41.0 Å². The maximum atomic E-state index is 6.40. The van der Waals surface area contributed by atoms with E-state index >= 15 is 0 Å². The molecule has 0 unspecified atom stereocenters. The number of halogens is 2. The van der Waals surface area contributed by atoms with Crippen LogP contribution in [-0.2, 0) is 13.0 Å². The van der Waals surface area contributed by atoms with Crippen LogP contribution in [0, 0.1) is 13.8 Å². The van der Waals surface area contributed by atoms with Gasteiger partial charge in [-0.1, -0.05) is 59.6 Å². The van der Waals surface area contributed by atoms with Crippen LogP contribution >= 0.6 is 34.5 Å². The van der Waals surface area contributed by atoms with E-state index in [1.54, 1.807) is 11.3 Å². The Morgan fingerprint density at radius 1 is 0.939 bits per heavy atom. The van der Waals surface area contributed by atoms with Crippen molar-refractivity contribution in [2.24, 2.45) is 0 Å². The summed E-state index contributed by atoms with van der Waals surface area (Å²) >= 11 is 14.2. The van der Waals surface area contributed by atoms with Crippen molar-refractivity contribution in [2.45, 2.75) is 26.8 Å². The van der Waals surface area contributed by atoms with Crippen molar-refractivity contribution in [1.29, 1.82) is 0 Å². The SMILES string of the molecule is Cc1sc2nc(Cc3ccccc3)nc(N3CCN(Cc4ccc(Cl)cc4Cl)CC3)c2c1C. The van der Waals surface area contributed by atoms with Crippen molar-refractivity contribution in [1.82, 2.24) is 14.9 Å². The highest BCUT2D eigenvalue weighted by atomic mass is 35.5. The number of nitrogens with zero attached hydrogens (tertiary/aromatic N) is 4. The summed E-state index contributed by atoms with van der Waals surface area (Å²) in [5, 5.41) is 2.62. The Labute approximate surface area is 208 Å². The lowest BCUT2D eigenvalue weighted by Gasteiger charge is -2.36. The van der Waals surface area contributed by atoms with Gasteiger partial charge in [0, 0.05) is 54.1 Å². The molecule has 7 heteroatoms. The van der Waals surface area contributed by atoms with Gasteiger partial charge in [-0.15, -0.1) is 11.3 Å². The zero-order valence-electron chi connectivity index (χ0n) is 18.8. The number of rotatable bonds is 5. The highest BCUT2D eigenvalue weighted by molar-refractivity contribution is 7.18. The van der Waals surface area contributed by atoms with Crippen molar-refractivity contribution in [2.75, 3.05) is 31.1 Å². The first kappa shape index (κ1) is 22.6. The first-order valence-electron chi connectivity index (χ1n) is 11.2. The molecule has 170 valence electrons. The lowest BCUT2D eigenvalue weighted by molar-refractivity contribution is 0.249. The van der Waals surface area contributed by atoms with Crippen LogP contribution in [0.4, 0.5) is 5.82 Å². The van der Waals surface area contributed by atoms with Gasteiger partial charge in [-0.3, -0.25) is 4.90 Å². The number of aryl methyl sites for hydroxylation is 2. The second-order valence-electron chi connectivity index (χ2n) is 8.59. The van der Waals surface area contributed by atoms with Gasteiger partial charge in [0.25, 0.3) is 0 Å². The minimum atomic E-state index is 0.675. The third-order valence-electron chi connectivity index (χ3n) is 6.34. The molecule has 0 atom stereocenters. The number of hydrogen-bond acceptors (Lipinski definition) is 5. The second-order valence-corrected chi connectivity index (χ2v) is 10.6. The molecule has 2 aromatic carbocycles.